The van der Waals surface area contributed by atoms with E-state index in [1.807, 2.05) is 25.7 Å². The molecule has 0 unspecified atom stereocenters. The first-order chi connectivity index (χ1) is 8.37. The van der Waals surface area contributed by atoms with E-state index < -0.39 is 5.60 Å². The molecule has 18 heavy (non-hydrogen) atoms. The highest BCUT2D eigenvalue weighted by atomic mass is 16.6. The average Bonchev–Trinajstić information content (AvgIpc) is 2.26. The molecule has 2 saturated heterocycles. The minimum atomic E-state index is -0.462. The van der Waals surface area contributed by atoms with Gasteiger partial charge in [0.25, 0.3) is 0 Å². The number of carbonyl (C=O) groups is 2. The number of ether oxygens (including phenoxy) is 1. The maximum absolute atomic E-state index is 12.0. The second kappa shape index (κ2) is 4.78. The van der Waals surface area contributed by atoms with Gasteiger partial charge in [-0.15, -0.1) is 0 Å². The van der Waals surface area contributed by atoms with Crippen molar-refractivity contribution < 1.29 is 14.3 Å². The predicted molar refractivity (Wildman–Crippen MR) is 67.2 cm³/mol. The highest BCUT2D eigenvalue weighted by Gasteiger charge is 2.35. The Bertz CT molecular complexity index is 349. The normalized spacial score (nSPS) is 24.8. The molecule has 2 aliphatic rings. The van der Waals surface area contributed by atoms with Crippen LogP contribution in [0.5, 0.6) is 0 Å². The van der Waals surface area contributed by atoms with Crippen molar-refractivity contribution in [3.8, 4) is 0 Å². The van der Waals surface area contributed by atoms with Crippen LogP contribution >= 0.6 is 0 Å². The third-order valence-electron chi connectivity index (χ3n) is 3.38. The lowest BCUT2D eigenvalue weighted by molar-refractivity contribution is -0.139. The van der Waals surface area contributed by atoms with Gasteiger partial charge in [-0.05, 0) is 33.6 Å². The van der Waals surface area contributed by atoms with Gasteiger partial charge < -0.3 is 14.5 Å². The quantitative estimate of drug-likeness (QED) is 0.660. The van der Waals surface area contributed by atoms with Crippen LogP contribution in [-0.2, 0) is 9.53 Å². The number of hydrogen-bond donors (Lipinski definition) is 0. The summed E-state index contributed by atoms with van der Waals surface area (Å²) in [4.78, 5) is 27.3. The van der Waals surface area contributed by atoms with Gasteiger partial charge in [0, 0.05) is 32.1 Å². The molecule has 0 aromatic rings. The third kappa shape index (κ3) is 2.94. The Morgan fingerprint density at radius 2 is 2.06 bits per heavy atom. The number of rotatable bonds is 0. The number of amides is 2. The predicted octanol–water partition coefficient (Wildman–Crippen LogP) is 1.62. The van der Waals surface area contributed by atoms with Crippen LogP contribution in [0.4, 0.5) is 4.79 Å². The highest BCUT2D eigenvalue weighted by Crippen LogP contribution is 2.23. The Balaban J connectivity index is 1.94. The second-order valence-corrected chi connectivity index (χ2v) is 6.06. The number of piperidine rings is 1. The molecule has 0 bridgehead atoms. The first kappa shape index (κ1) is 13.2. The van der Waals surface area contributed by atoms with E-state index in [9.17, 15) is 9.59 Å². The van der Waals surface area contributed by atoms with Crippen molar-refractivity contribution in [2.45, 2.75) is 51.7 Å². The fourth-order valence-corrected chi connectivity index (χ4v) is 2.56. The average molecular weight is 254 g/mol. The summed E-state index contributed by atoms with van der Waals surface area (Å²) in [6, 6.07) is 0.188. The molecule has 0 aromatic carbocycles. The van der Waals surface area contributed by atoms with Gasteiger partial charge >= 0.3 is 6.09 Å². The topological polar surface area (TPSA) is 49.9 Å². The molecule has 0 N–H and O–H groups in total. The smallest absolute Gasteiger partial charge is 0.410 e. The zero-order valence-corrected chi connectivity index (χ0v) is 11.4. The summed E-state index contributed by atoms with van der Waals surface area (Å²) in [6.07, 6.45) is 2.32. The zero-order valence-electron chi connectivity index (χ0n) is 11.4. The Labute approximate surface area is 108 Å². The van der Waals surface area contributed by atoms with E-state index >= 15 is 0 Å². The molecule has 0 aliphatic carbocycles. The summed E-state index contributed by atoms with van der Waals surface area (Å²) >= 11 is 0. The van der Waals surface area contributed by atoms with Crippen molar-refractivity contribution >= 4 is 12.0 Å². The summed E-state index contributed by atoms with van der Waals surface area (Å²) in [5, 5.41) is 0. The van der Waals surface area contributed by atoms with Gasteiger partial charge in [-0.2, -0.15) is 0 Å². The largest absolute Gasteiger partial charge is 0.444 e. The van der Waals surface area contributed by atoms with Crippen molar-refractivity contribution in [1.29, 1.82) is 0 Å². The van der Waals surface area contributed by atoms with Gasteiger partial charge in [0.15, 0.2) is 0 Å². The Morgan fingerprint density at radius 1 is 1.33 bits per heavy atom. The number of piperazine rings is 1. The highest BCUT2D eigenvalue weighted by molar-refractivity contribution is 5.78. The molecule has 102 valence electrons. The van der Waals surface area contributed by atoms with Gasteiger partial charge in [-0.1, -0.05) is 0 Å². The molecule has 0 saturated carbocycles. The molecule has 2 aliphatic heterocycles. The van der Waals surface area contributed by atoms with E-state index in [1.54, 1.807) is 4.90 Å². The van der Waals surface area contributed by atoms with Gasteiger partial charge in [0.05, 0.1) is 0 Å². The molecule has 2 heterocycles. The fraction of sp³-hybridized carbons (Fsp3) is 0.846. The van der Waals surface area contributed by atoms with Crippen molar-refractivity contribution in [2.24, 2.45) is 0 Å². The van der Waals surface area contributed by atoms with Crippen LogP contribution in [0, 0.1) is 0 Å². The molecule has 5 nitrogen and oxygen atoms in total. The second-order valence-electron chi connectivity index (χ2n) is 6.06. The number of hydrogen-bond acceptors (Lipinski definition) is 3. The van der Waals surface area contributed by atoms with Crippen LogP contribution < -0.4 is 0 Å². The summed E-state index contributed by atoms with van der Waals surface area (Å²) in [5.41, 5.74) is -0.462. The maximum Gasteiger partial charge on any atom is 0.410 e. The van der Waals surface area contributed by atoms with Crippen LogP contribution in [0.15, 0.2) is 0 Å². The van der Waals surface area contributed by atoms with E-state index in [-0.39, 0.29) is 18.0 Å². The molecular weight excluding hydrogens is 232 g/mol. The number of carbonyl (C=O) groups excluding carboxylic acids is 2. The molecular formula is C13H22N2O3. The first-order valence-electron chi connectivity index (χ1n) is 6.64. The van der Waals surface area contributed by atoms with E-state index in [0.29, 0.717) is 26.1 Å². The van der Waals surface area contributed by atoms with Crippen molar-refractivity contribution in [2.75, 3.05) is 19.6 Å². The van der Waals surface area contributed by atoms with E-state index in [2.05, 4.69) is 0 Å². The molecule has 0 radical (unpaired) electrons. The van der Waals surface area contributed by atoms with Gasteiger partial charge in [0.2, 0.25) is 5.91 Å². The van der Waals surface area contributed by atoms with Crippen molar-refractivity contribution in [1.82, 2.24) is 9.80 Å². The van der Waals surface area contributed by atoms with Crippen LogP contribution in [0.25, 0.3) is 0 Å². The summed E-state index contributed by atoms with van der Waals surface area (Å²) in [6.45, 7) is 7.43. The molecule has 1 atom stereocenters. The maximum atomic E-state index is 12.0. The minimum absolute atomic E-state index is 0.188. The number of nitrogens with zero attached hydrogens (tertiary/aromatic N) is 2. The van der Waals surface area contributed by atoms with Gasteiger partial charge in [-0.25, -0.2) is 4.79 Å². The summed E-state index contributed by atoms with van der Waals surface area (Å²) < 4.78 is 5.37. The third-order valence-corrected chi connectivity index (χ3v) is 3.38. The molecule has 0 aromatic heterocycles. The van der Waals surface area contributed by atoms with Crippen LogP contribution in [-0.4, -0.2) is 53.1 Å². The Morgan fingerprint density at radius 3 is 2.72 bits per heavy atom. The Hall–Kier alpha value is -1.26. The van der Waals surface area contributed by atoms with Crippen LogP contribution in [0.1, 0.15) is 40.0 Å². The molecule has 2 fully saturated rings. The summed E-state index contributed by atoms with van der Waals surface area (Å²) in [5.74, 6) is 0.232. The van der Waals surface area contributed by atoms with Crippen LogP contribution in [0.2, 0.25) is 0 Å². The standard InChI is InChI=1S/C13H22N2O3/c1-13(2,3)18-12(17)14-7-8-15-10(9-14)5-4-6-11(15)16/h10H,4-9H2,1-3H3/t10-/m1/s1. The SMILES string of the molecule is CC(C)(C)OC(=O)N1CCN2C(=O)CCC[C@@H]2C1. The molecule has 5 heteroatoms. The molecule has 0 spiro atoms. The Kier molecular flexibility index (Phi) is 3.50. The lowest BCUT2D eigenvalue weighted by Gasteiger charge is -2.43. The van der Waals surface area contributed by atoms with E-state index in [4.69, 9.17) is 4.74 Å². The van der Waals surface area contributed by atoms with E-state index in [1.165, 1.54) is 0 Å². The lowest BCUT2D eigenvalue weighted by atomic mass is 9.99. The van der Waals surface area contributed by atoms with Crippen molar-refractivity contribution in [3.63, 3.8) is 0 Å². The van der Waals surface area contributed by atoms with Crippen molar-refractivity contribution in [3.05, 3.63) is 0 Å². The van der Waals surface area contributed by atoms with E-state index in [0.717, 1.165) is 12.8 Å². The zero-order chi connectivity index (χ0) is 13.3. The molecule has 2 amide bonds. The fourth-order valence-electron chi connectivity index (χ4n) is 2.56. The van der Waals surface area contributed by atoms with Gasteiger partial charge in [-0.3, -0.25) is 4.79 Å². The monoisotopic (exact) mass is 254 g/mol. The van der Waals surface area contributed by atoms with Crippen LogP contribution in [0.3, 0.4) is 0 Å². The minimum Gasteiger partial charge on any atom is -0.444 e. The van der Waals surface area contributed by atoms with Gasteiger partial charge in [0.1, 0.15) is 5.60 Å². The first-order valence-corrected chi connectivity index (χ1v) is 6.64. The summed E-state index contributed by atoms with van der Waals surface area (Å²) in [7, 11) is 0. The lowest BCUT2D eigenvalue weighted by Crippen LogP contribution is -2.58. The number of fused-ring (bicyclic) bond motifs is 1. The molecule has 2 rings (SSSR count).